The van der Waals surface area contributed by atoms with Gasteiger partial charge in [-0.2, -0.15) is 8.78 Å². The molecule has 0 aliphatic carbocycles. The van der Waals surface area contributed by atoms with Gasteiger partial charge < -0.3 is 4.74 Å². The molecule has 2 aromatic carbocycles. The lowest BCUT2D eigenvalue weighted by atomic mass is 10.1. The van der Waals surface area contributed by atoms with Crippen molar-refractivity contribution in [3.05, 3.63) is 51.2 Å². The standard InChI is InChI=1S/C13H6Cl3F3O/c14-10-5-12(16)11(15)4-9(10)6-1-7(17)3-8(2-6)20-13(18)19/h1-5,13H. The van der Waals surface area contributed by atoms with Gasteiger partial charge in [-0.15, -0.1) is 0 Å². The lowest BCUT2D eigenvalue weighted by Gasteiger charge is -2.10. The second-order valence-electron chi connectivity index (χ2n) is 3.80. The summed E-state index contributed by atoms with van der Waals surface area (Å²) in [6.45, 7) is -3.05. The van der Waals surface area contributed by atoms with Gasteiger partial charge in [0, 0.05) is 16.7 Å². The first kappa shape index (κ1) is 15.3. The van der Waals surface area contributed by atoms with Crippen molar-refractivity contribution in [1.82, 2.24) is 0 Å². The molecule has 2 rings (SSSR count). The minimum absolute atomic E-state index is 0.214. The minimum Gasteiger partial charge on any atom is -0.435 e. The Labute approximate surface area is 127 Å². The first-order chi connectivity index (χ1) is 9.36. The monoisotopic (exact) mass is 340 g/mol. The normalized spacial score (nSPS) is 10.9. The fourth-order valence-electron chi connectivity index (χ4n) is 1.63. The Morgan fingerprint density at radius 1 is 0.850 bits per heavy atom. The number of halogens is 6. The zero-order valence-electron chi connectivity index (χ0n) is 9.64. The molecule has 7 heteroatoms. The average molecular weight is 342 g/mol. The molecule has 106 valence electrons. The van der Waals surface area contributed by atoms with Crippen molar-refractivity contribution >= 4 is 34.8 Å². The van der Waals surface area contributed by atoms with Gasteiger partial charge in [-0.1, -0.05) is 34.8 Å². The van der Waals surface area contributed by atoms with Gasteiger partial charge in [0.15, 0.2) is 0 Å². The van der Waals surface area contributed by atoms with Crippen molar-refractivity contribution in [2.24, 2.45) is 0 Å². The van der Waals surface area contributed by atoms with E-state index < -0.39 is 12.4 Å². The third-order valence-electron chi connectivity index (χ3n) is 2.42. The van der Waals surface area contributed by atoms with Crippen LogP contribution in [0.3, 0.4) is 0 Å². The Morgan fingerprint density at radius 2 is 1.50 bits per heavy atom. The van der Waals surface area contributed by atoms with Crippen LogP contribution in [0.2, 0.25) is 15.1 Å². The van der Waals surface area contributed by atoms with Gasteiger partial charge in [0.25, 0.3) is 0 Å². The largest absolute Gasteiger partial charge is 0.435 e. The van der Waals surface area contributed by atoms with Crippen molar-refractivity contribution in [1.29, 1.82) is 0 Å². The number of alkyl halides is 2. The topological polar surface area (TPSA) is 9.23 Å². The van der Waals surface area contributed by atoms with Crippen LogP contribution in [-0.4, -0.2) is 6.61 Å². The van der Waals surface area contributed by atoms with E-state index in [0.717, 1.165) is 12.1 Å². The lowest BCUT2D eigenvalue weighted by Crippen LogP contribution is -2.02. The van der Waals surface area contributed by atoms with E-state index in [4.69, 9.17) is 34.8 Å². The third-order valence-corrected chi connectivity index (χ3v) is 3.45. The zero-order chi connectivity index (χ0) is 14.9. The molecule has 0 saturated carbocycles. The summed E-state index contributed by atoms with van der Waals surface area (Å²) in [6.07, 6.45) is 0. The highest BCUT2D eigenvalue weighted by molar-refractivity contribution is 6.44. The molecule has 0 spiro atoms. The molecule has 0 unspecified atom stereocenters. The Balaban J connectivity index is 2.52. The minimum atomic E-state index is -3.05. The van der Waals surface area contributed by atoms with Crippen LogP contribution in [0, 0.1) is 5.82 Å². The summed E-state index contributed by atoms with van der Waals surface area (Å²) in [5, 5.41) is 0.667. The van der Waals surface area contributed by atoms with Gasteiger partial charge in [0.1, 0.15) is 11.6 Å². The SMILES string of the molecule is Fc1cc(OC(F)F)cc(-c2cc(Cl)c(Cl)cc2Cl)c1. The molecule has 1 nitrogen and oxygen atoms in total. The molecule has 0 radical (unpaired) electrons. The maximum Gasteiger partial charge on any atom is 0.387 e. The van der Waals surface area contributed by atoms with Crippen molar-refractivity contribution in [3.63, 3.8) is 0 Å². The van der Waals surface area contributed by atoms with E-state index in [9.17, 15) is 13.2 Å². The maximum atomic E-state index is 13.4. The number of ether oxygens (including phenoxy) is 1. The predicted octanol–water partition coefficient (Wildman–Crippen LogP) is 6.05. The first-order valence-corrected chi connectivity index (χ1v) is 6.40. The van der Waals surface area contributed by atoms with Crippen molar-refractivity contribution in [2.75, 3.05) is 0 Å². The molecule has 0 N–H and O–H groups in total. The number of hydrogen-bond acceptors (Lipinski definition) is 1. The molecule has 0 aliphatic rings. The van der Waals surface area contributed by atoms with Crippen molar-refractivity contribution < 1.29 is 17.9 Å². The second-order valence-corrected chi connectivity index (χ2v) is 5.02. The van der Waals surface area contributed by atoms with Crippen LogP contribution < -0.4 is 4.74 Å². The van der Waals surface area contributed by atoms with E-state index in [-0.39, 0.29) is 26.4 Å². The molecule has 0 aliphatic heterocycles. The van der Waals surface area contributed by atoms with E-state index in [0.29, 0.717) is 5.56 Å². The number of hydrogen-bond donors (Lipinski definition) is 0. The van der Waals surface area contributed by atoms with Crippen LogP contribution in [0.4, 0.5) is 13.2 Å². The highest BCUT2D eigenvalue weighted by atomic mass is 35.5. The molecule has 20 heavy (non-hydrogen) atoms. The average Bonchev–Trinajstić information content (AvgIpc) is 2.32. The summed E-state index contributed by atoms with van der Waals surface area (Å²) in [7, 11) is 0. The van der Waals surface area contributed by atoms with E-state index >= 15 is 0 Å². The molecule has 2 aromatic rings. The van der Waals surface area contributed by atoms with Crippen molar-refractivity contribution in [2.45, 2.75) is 6.61 Å². The molecule has 0 aromatic heterocycles. The highest BCUT2D eigenvalue weighted by Gasteiger charge is 2.12. The van der Waals surface area contributed by atoms with E-state index in [1.54, 1.807) is 0 Å². The fourth-order valence-corrected chi connectivity index (χ4v) is 2.29. The summed E-state index contributed by atoms with van der Waals surface area (Å²) in [6, 6.07) is 6.03. The van der Waals surface area contributed by atoms with Gasteiger partial charge in [-0.3, -0.25) is 0 Å². The Kier molecular flexibility index (Phi) is 4.68. The van der Waals surface area contributed by atoms with Gasteiger partial charge in [-0.25, -0.2) is 4.39 Å². The van der Waals surface area contributed by atoms with Crippen LogP contribution in [0.15, 0.2) is 30.3 Å². The van der Waals surface area contributed by atoms with Crippen LogP contribution in [0.1, 0.15) is 0 Å². The van der Waals surface area contributed by atoms with Crippen LogP contribution >= 0.6 is 34.8 Å². The molecule has 0 bridgehead atoms. The third kappa shape index (κ3) is 3.51. The second kappa shape index (κ2) is 6.12. The molecule has 0 atom stereocenters. The highest BCUT2D eigenvalue weighted by Crippen LogP contribution is 2.36. The quantitative estimate of drug-likeness (QED) is 0.617. The molecular weight excluding hydrogens is 335 g/mol. The molecule has 0 fully saturated rings. The molecule has 0 saturated heterocycles. The fraction of sp³-hybridized carbons (Fsp3) is 0.0769. The molecular formula is C13H6Cl3F3O. The summed E-state index contributed by atoms with van der Waals surface area (Å²) < 4.78 is 42.0. The van der Waals surface area contributed by atoms with Crippen LogP contribution in [0.5, 0.6) is 5.75 Å². The number of benzene rings is 2. The van der Waals surface area contributed by atoms with Gasteiger partial charge >= 0.3 is 6.61 Å². The van der Waals surface area contributed by atoms with Gasteiger partial charge in [0.05, 0.1) is 10.0 Å². The summed E-state index contributed by atoms with van der Waals surface area (Å²) in [4.78, 5) is 0. The van der Waals surface area contributed by atoms with Gasteiger partial charge in [-0.05, 0) is 29.8 Å². The summed E-state index contributed by atoms with van der Waals surface area (Å²) in [5.74, 6) is -1.04. The zero-order valence-corrected chi connectivity index (χ0v) is 11.9. The Hall–Kier alpha value is -1.10. The molecule has 0 heterocycles. The first-order valence-electron chi connectivity index (χ1n) is 5.27. The van der Waals surface area contributed by atoms with Crippen molar-refractivity contribution in [3.8, 4) is 16.9 Å². The van der Waals surface area contributed by atoms with E-state index in [1.165, 1.54) is 18.2 Å². The van der Waals surface area contributed by atoms with E-state index in [1.807, 2.05) is 0 Å². The van der Waals surface area contributed by atoms with Crippen LogP contribution in [0.25, 0.3) is 11.1 Å². The lowest BCUT2D eigenvalue weighted by molar-refractivity contribution is -0.0499. The molecule has 0 amide bonds. The number of rotatable bonds is 3. The van der Waals surface area contributed by atoms with E-state index in [2.05, 4.69) is 4.74 Å². The predicted molar refractivity (Wildman–Crippen MR) is 73.5 cm³/mol. The Morgan fingerprint density at radius 3 is 2.15 bits per heavy atom. The van der Waals surface area contributed by atoms with Crippen LogP contribution in [-0.2, 0) is 0 Å². The Bertz CT molecular complexity index is 647. The van der Waals surface area contributed by atoms with Gasteiger partial charge in [0.2, 0.25) is 0 Å². The smallest absolute Gasteiger partial charge is 0.387 e. The summed E-state index contributed by atoms with van der Waals surface area (Å²) >= 11 is 17.6. The maximum absolute atomic E-state index is 13.4. The summed E-state index contributed by atoms with van der Waals surface area (Å²) in [5.41, 5.74) is 0.615.